The van der Waals surface area contributed by atoms with Crippen molar-refractivity contribution in [2.45, 2.75) is 13.8 Å². The van der Waals surface area contributed by atoms with Gasteiger partial charge < -0.3 is 10.2 Å². The van der Waals surface area contributed by atoms with E-state index in [2.05, 4.69) is 30.6 Å². The van der Waals surface area contributed by atoms with Crippen LogP contribution in [0.2, 0.25) is 0 Å². The highest BCUT2D eigenvalue weighted by molar-refractivity contribution is 5.41. The van der Waals surface area contributed by atoms with Crippen LogP contribution in [0.25, 0.3) is 0 Å². The Labute approximate surface area is 118 Å². The highest BCUT2D eigenvalue weighted by atomic mass is 15.3. The van der Waals surface area contributed by atoms with E-state index in [0.29, 0.717) is 5.92 Å². The van der Waals surface area contributed by atoms with Gasteiger partial charge in [0.05, 0.1) is 11.4 Å². The maximum Gasteiger partial charge on any atom is 0.151 e. The molecule has 1 aliphatic rings. The van der Waals surface area contributed by atoms with E-state index in [1.54, 1.807) is 0 Å². The van der Waals surface area contributed by atoms with Gasteiger partial charge in [0.1, 0.15) is 5.82 Å². The minimum atomic E-state index is 0.612. The first-order chi connectivity index (χ1) is 9.70. The van der Waals surface area contributed by atoms with Crippen LogP contribution in [0.3, 0.4) is 0 Å². The van der Waals surface area contributed by atoms with E-state index < -0.39 is 0 Å². The number of aryl methyl sites for hydroxylation is 2. The van der Waals surface area contributed by atoms with Gasteiger partial charge >= 0.3 is 0 Å². The van der Waals surface area contributed by atoms with Gasteiger partial charge in [0.15, 0.2) is 5.82 Å². The summed E-state index contributed by atoms with van der Waals surface area (Å²) in [5.74, 6) is 2.41. The minimum Gasteiger partial charge on any atom is -0.368 e. The zero-order valence-electron chi connectivity index (χ0n) is 11.7. The minimum absolute atomic E-state index is 0.612. The Kier molecular flexibility index (Phi) is 3.45. The van der Waals surface area contributed by atoms with E-state index in [4.69, 9.17) is 0 Å². The number of aromatic nitrogens is 4. The maximum atomic E-state index is 4.20. The molecule has 0 aliphatic carbocycles. The van der Waals surface area contributed by atoms with Gasteiger partial charge in [-0.1, -0.05) is 0 Å². The fourth-order valence-corrected chi connectivity index (χ4v) is 2.19. The summed E-state index contributed by atoms with van der Waals surface area (Å²) >= 11 is 0. The summed E-state index contributed by atoms with van der Waals surface area (Å²) in [6.07, 6.45) is 0. The van der Waals surface area contributed by atoms with E-state index >= 15 is 0 Å². The molecule has 0 spiro atoms. The van der Waals surface area contributed by atoms with E-state index in [-0.39, 0.29) is 0 Å². The highest BCUT2D eigenvalue weighted by Crippen LogP contribution is 2.22. The number of rotatable bonds is 4. The molecule has 2 aromatic rings. The van der Waals surface area contributed by atoms with E-state index in [1.165, 1.54) is 0 Å². The molecule has 1 aliphatic heterocycles. The van der Waals surface area contributed by atoms with Crippen LogP contribution >= 0.6 is 0 Å². The first-order valence-electron chi connectivity index (χ1n) is 6.80. The third kappa shape index (κ3) is 2.84. The lowest BCUT2D eigenvalue weighted by atomic mass is 10.0. The first kappa shape index (κ1) is 12.8. The van der Waals surface area contributed by atoms with Crippen LogP contribution in [0.4, 0.5) is 11.6 Å². The van der Waals surface area contributed by atoms with Gasteiger partial charge in [0, 0.05) is 25.6 Å². The zero-order chi connectivity index (χ0) is 13.9. The number of hydrogen-bond donors (Lipinski definition) is 1. The summed E-state index contributed by atoms with van der Waals surface area (Å²) in [7, 11) is 0. The lowest BCUT2D eigenvalue weighted by Crippen LogP contribution is -2.50. The molecule has 6 nitrogen and oxygen atoms in total. The van der Waals surface area contributed by atoms with Crippen LogP contribution in [0.5, 0.6) is 0 Å². The van der Waals surface area contributed by atoms with Crippen LogP contribution in [-0.2, 0) is 0 Å². The summed E-state index contributed by atoms with van der Waals surface area (Å²) in [5, 5.41) is 19.7. The number of nitrogens with one attached hydrogen (secondary N) is 1. The summed E-state index contributed by atoms with van der Waals surface area (Å²) in [4.78, 5) is 2.24. The molecule has 0 atom stereocenters. The Bertz CT molecular complexity index is 556. The van der Waals surface area contributed by atoms with Crippen molar-refractivity contribution in [3.8, 4) is 0 Å². The fraction of sp³-hybridized carbons (Fsp3) is 0.429. The van der Waals surface area contributed by atoms with Crippen LogP contribution in [-0.4, -0.2) is 40.0 Å². The van der Waals surface area contributed by atoms with Crippen molar-refractivity contribution in [2.75, 3.05) is 29.9 Å². The van der Waals surface area contributed by atoms with Crippen LogP contribution in [0, 0.1) is 19.8 Å². The Morgan fingerprint density at radius 2 is 1.70 bits per heavy atom. The smallest absolute Gasteiger partial charge is 0.151 e. The van der Waals surface area contributed by atoms with Gasteiger partial charge in [-0.05, 0) is 38.1 Å². The van der Waals surface area contributed by atoms with Crippen molar-refractivity contribution >= 4 is 11.6 Å². The second kappa shape index (κ2) is 5.40. The second-order valence-electron chi connectivity index (χ2n) is 5.24. The Balaban J connectivity index is 1.46. The molecule has 2 aromatic heterocycles. The predicted molar refractivity (Wildman–Crippen MR) is 77.7 cm³/mol. The molecule has 1 N–H and O–H groups in total. The van der Waals surface area contributed by atoms with Crippen molar-refractivity contribution in [2.24, 2.45) is 5.92 Å². The topological polar surface area (TPSA) is 66.8 Å². The normalized spacial score (nSPS) is 15.0. The van der Waals surface area contributed by atoms with Crippen LogP contribution in [0.1, 0.15) is 11.4 Å². The molecule has 0 amide bonds. The summed E-state index contributed by atoms with van der Waals surface area (Å²) in [5.41, 5.74) is 1.88. The molecule has 0 saturated carbocycles. The summed E-state index contributed by atoms with van der Waals surface area (Å²) in [6.45, 7) is 6.80. The van der Waals surface area contributed by atoms with Crippen molar-refractivity contribution in [1.29, 1.82) is 0 Å². The molecule has 0 unspecified atom stereocenters. The van der Waals surface area contributed by atoms with E-state index in [0.717, 1.165) is 42.7 Å². The summed E-state index contributed by atoms with van der Waals surface area (Å²) < 4.78 is 0. The standard InChI is InChI=1S/C14H18N6/c1-10-3-5-13(18-16-10)15-7-12-8-20(9-12)14-6-4-11(2)17-19-14/h3-6,12H,7-9H2,1-2H3,(H,15,18). The highest BCUT2D eigenvalue weighted by Gasteiger charge is 2.27. The summed E-state index contributed by atoms with van der Waals surface area (Å²) in [6, 6.07) is 7.95. The Hall–Kier alpha value is -2.24. The fourth-order valence-electron chi connectivity index (χ4n) is 2.19. The molecular formula is C14H18N6. The number of nitrogens with zero attached hydrogens (tertiary/aromatic N) is 5. The quantitative estimate of drug-likeness (QED) is 0.906. The lowest BCUT2D eigenvalue weighted by molar-refractivity contribution is 0.425. The van der Waals surface area contributed by atoms with E-state index in [1.807, 2.05) is 38.1 Å². The molecule has 3 rings (SSSR count). The average molecular weight is 270 g/mol. The third-order valence-corrected chi connectivity index (χ3v) is 3.43. The molecule has 0 bridgehead atoms. The molecule has 20 heavy (non-hydrogen) atoms. The van der Waals surface area contributed by atoms with Gasteiger partial charge in [0.2, 0.25) is 0 Å². The van der Waals surface area contributed by atoms with Gasteiger partial charge in [-0.3, -0.25) is 0 Å². The van der Waals surface area contributed by atoms with Crippen LogP contribution < -0.4 is 10.2 Å². The molecule has 1 fully saturated rings. The number of anilines is 2. The maximum absolute atomic E-state index is 4.20. The molecule has 0 aromatic carbocycles. The molecular weight excluding hydrogens is 252 g/mol. The molecule has 0 radical (unpaired) electrons. The Morgan fingerprint density at radius 3 is 2.30 bits per heavy atom. The second-order valence-corrected chi connectivity index (χ2v) is 5.24. The molecule has 104 valence electrons. The van der Waals surface area contributed by atoms with Crippen LogP contribution in [0.15, 0.2) is 24.3 Å². The lowest BCUT2D eigenvalue weighted by Gasteiger charge is -2.39. The van der Waals surface area contributed by atoms with Crippen molar-refractivity contribution in [3.05, 3.63) is 35.7 Å². The van der Waals surface area contributed by atoms with Gasteiger partial charge in [0.25, 0.3) is 0 Å². The largest absolute Gasteiger partial charge is 0.368 e. The molecule has 6 heteroatoms. The molecule has 3 heterocycles. The number of hydrogen-bond acceptors (Lipinski definition) is 6. The Morgan fingerprint density at radius 1 is 1.00 bits per heavy atom. The van der Waals surface area contributed by atoms with Crippen molar-refractivity contribution < 1.29 is 0 Å². The first-order valence-corrected chi connectivity index (χ1v) is 6.80. The average Bonchev–Trinajstić information content (AvgIpc) is 2.41. The van der Waals surface area contributed by atoms with Gasteiger partial charge in [-0.25, -0.2) is 0 Å². The monoisotopic (exact) mass is 270 g/mol. The predicted octanol–water partition coefficient (Wildman–Crippen LogP) is 1.43. The zero-order valence-corrected chi connectivity index (χ0v) is 11.7. The van der Waals surface area contributed by atoms with Crippen molar-refractivity contribution in [1.82, 2.24) is 20.4 Å². The van der Waals surface area contributed by atoms with Gasteiger partial charge in [-0.15, -0.1) is 10.2 Å². The van der Waals surface area contributed by atoms with Gasteiger partial charge in [-0.2, -0.15) is 10.2 Å². The molecule has 1 saturated heterocycles. The van der Waals surface area contributed by atoms with Crippen molar-refractivity contribution in [3.63, 3.8) is 0 Å². The SMILES string of the molecule is Cc1ccc(NCC2CN(c3ccc(C)nn3)C2)nn1. The third-order valence-electron chi connectivity index (χ3n) is 3.43. The van der Waals surface area contributed by atoms with E-state index in [9.17, 15) is 0 Å².